The van der Waals surface area contributed by atoms with E-state index in [2.05, 4.69) is 25.1 Å². The highest BCUT2D eigenvalue weighted by Crippen LogP contribution is 2.27. The molecule has 3 heterocycles. The normalized spacial score (nSPS) is 11.2. The fourth-order valence-electron chi connectivity index (χ4n) is 2.36. The average molecular weight is 323 g/mol. The van der Waals surface area contributed by atoms with Crippen molar-refractivity contribution >= 4 is 33.8 Å². The molecule has 114 valence electrons. The molecule has 0 aliphatic rings. The monoisotopic (exact) mass is 323 g/mol. The number of nitrogens with zero attached hydrogens (tertiary/aromatic N) is 4. The van der Waals surface area contributed by atoms with Gasteiger partial charge < -0.3 is 9.72 Å². The molecule has 0 saturated carbocycles. The Kier molecular flexibility index (Phi) is 3.55. The number of H-pyrrole nitrogens is 1. The summed E-state index contributed by atoms with van der Waals surface area (Å²) in [5.74, 6) is 1.55. The quantitative estimate of drug-likeness (QED) is 0.581. The van der Waals surface area contributed by atoms with Gasteiger partial charge in [-0.3, -0.25) is 4.98 Å². The molecule has 23 heavy (non-hydrogen) atoms. The molecule has 0 atom stereocenters. The smallest absolute Gasteiger partial charge is 0.211 e. The Bertz CT molecular complexity index is 970. The molecule has 0 aliphatic carbocycles. The van der Waals surface area contributed by atoms with Gasteiger partial charge >= 0.3 is 0 Å². The summed E-state index contributed by atoms with van der Waals surface area (Å²) in [4.78, 5) is 11.9. The number of aromatic amines is 1. The van der Waals surface area contributed by atoms with Crippen molar-refractivity contribution in [3.8, 4) is 5.75 Å². The van der Waals surface area contributed by atoms with E-state index in [1.807, 2.05) is 36.5 Å². The molecule has 1 N–H and O–H groups in total. The first-order chi connectivity index (χ1) is 11.3. The molecule has 1 aromatic carbocycles. The summed E-state index contributed by atoms with van der Waals surface area (Å²) >= 11 is 1.54. The van der Waals surface area contributed by atoms with Crippen molar-refractivity contribution in [2.45, 2.75) is 10.9 Å². The predicted octanol–water partition coefficient (Wildman–Crippen LogP) is 3.20. The van der Waals surface area contributed by atoms with Gasteiger partial charge in [0.25, 0.3) is 0 Å². The minimum Gasteiger partial charge on any atom is -0.497 e. The van der Waals surface area contributed by atoms with E-state index in [9.17, 15) is 0 Å². The van der Waals surface area contributed by atoms with Crippen LogP contribution in [0.5, 0.6) is 5.75 Å². The van der Waals surface area contributed by atoms with E-state index in [-0.39, 0.29) is 0 Å². The zero-order chi connectivity index (χ0) is 15.6. The first-order valence-electron chi connectivity index (χ1n) is 7.05. The SMILES string of the molecule is COc1ccc2[nH]c3nc(SCc4cccnc4)nnc3c2c1. The van der Waals surface area contributed by atoms with Gasteiger partial charge in [-0.25, -0.2) is 4.98 Å². The molecule has 4 aromatic rings. The van der Waals surface area contributed by atoms with Gasteiger partial charge in [-0.2, -0.15) is 0 Å². The van der Waals surface area contributed by atoms with Crippen LogP contribution in [0.3, 0.4) is 0 Å². The van der Waals surface area contributed by atoms with Crippen LogP contribution in [0.25, 0.3) is 22.1 Å². The Balaban J connectivity index is 1.66. The molecule has 0 radical (unpaired) electrons. The van der Waals surface area contributed by atoms with E-state index in [0.29, 0.717) is 5.16 Å². The topological polar surface area (TPSA) is 76.6 Å². The van der Waals surface area contributed by atoms with Crippen molar-refractivity contribution in [1.82, 2.24) is 25.1 Å². The summed E-state index contributed by atoms with van der Waals surface area (Å²) in [5, 5.41) is 10.1. The summed E-state index contributed by atoms with van der Waals surface area (Å²) in [5.41, 5.74) is 3.58. The zero-order valence-electron chi connectivity index (χ0n) is 12.4. The van der Waals surface area contributed by atoms with Crippen molar-refractivity contribution in [2.24, 2.45) is 0 Å². The number of pyridine rings is 1. The minimum atomic E-state index is 0.639. The number of aromatic nitrogens is 5. The van der Waals surface area contributed by atoms with Crippen LogP contribution in [0.4, 0.5) is 0 Å². The fraction of sp³-hybridized carbons (Fsp3) is 0.125. The van der Waals surface area contributed by atoms with Crippen molar-refractivity contribution < 1.29 is 4.74 Å². The highest BCUT2D eigenvalue weighted by atomic mass is 32.2. The van der Waals surface area contributed by atoms with Crippen molar-refractivity contribution in [1.29, 1.82) is 0 Å². The Hall–Kier alpha value is -2.67. The van der Waals surface area contributed by atoms with Crippen LogP contribution >= 0.6 is 11.8 Å². The Morgan fingerprint density at radius 1 is 1.22 bits per heavy atom. The van der Waals surface area contributed by atoms with Gasteiger partial charge in [0.1, 0.15) is 11.3 Å². The van der Waals surface area contributed by atoms with E-state index in [4.69, 9.17) is 4.74 Å². The summed E-state index contributed by atoms with van der Waals surface area (Å²) < 4.78 is 5.26. The second-order valence-corrected chi connectivity index (χ2v) is 5.92. The maximum Gasteiger partial charge on any atom is 0.211 e. The molecule has 0 unspecified atom stereocenters. The van der Waals surface area contributed by atoms with Crippen LogP contribution in [0.15, 0.2) is 47.9 Å². The lowest BCUT2D eigenvalue weighted by Gasteiger charge is -1.99. The minimum absolute atomic E-state index is 0.639. The molecule has 7 heteroatoms. The van der Waals surface area contributed by atoms with Crippen molar-refractivity contribution in [3.63, 3.8) is 0 Å². The second-order valence-electron chi connectivity index (χ2n) is 4.98. The standard InChI is InChI=1S/C16H13N5OS/c1-22-11-4-5-13-12(7-11)14-15(18-13)19-16(21-20-14)23-9-10-3-2-6-17-8-10/h2-8H,9H2,1H3,(H,18,19,21). The van der Waals surface area contributed by atoms with Gasteiger partial charge in [0.15, 0.2) is 5.65 Å². The summed E-state index contributed by atoms with van der Waals surface area (Å²) in [6, 6.07) is 9.75. The lowest BCUT2D eigenvalue weighted by Crippen LogP contribution is -1.92. The van der Waals surface area contributed by atoms with Gasteiger partial charge in [-0.05, 0) is 29.8 Å². The lowest BCUT2D eigenvalue weighted by atomic mass is 10.2. The molecular weight excluding hydrogens is 310 g/mol. The number of benzene rings is 1. The molecule has 0 bridgehead atoms. The third-order valence-electron chi connectivity index (χ3n) is 3.49. The van der Waals surface area contributed by atoms with E-state index in [1.165, 1.54) is 11.8 Å². The molecule has 3 aromatic heterocycles. The number of methoxy groups -OCH3 is 1. The number of ether oxygens (including phenoxy) is 1. The average Bonchev–Trinajstić information content (AvgIpc) is 2.97. The second kappa shape index (κ2) is 5.85. The van der Waals surface area contributed by atoms with Gasteiger partial charge in [-0.1, -0.05) is 17.8 Å². The molecule has 4 rings (SSSR count). The van der Waals surface area contributed by atoms with Crippen LogP contribution < -0.4 is 4.74 Å². The van der Waals surface area contributed by atoms with Crippen molar-refractivity contribution in [2.75, 3.05) is 7.11 Å². The number of thioether (sulfide) groups is 1. The molecule has 0 fully saturated rings. The lowest BCUT2D eigenvalue weighted by molar-refractivity contribution is 0.415. The number of rotatable bonds is 4. The van der Waals surface area contributed by atoms with E-state index < -0.39 is 0 Å². The molecule has 0 aliphatic heterocycles. The van der Waals surface area contributed by atoms with Crippen molar-refractivity contribution in [3.05, 3.63) is 48.3 Å². The Morgan fingerprint density at radius 3 is 3.00 bits per heavy atom. The maximum atomic E-state index is 5.26. The predicted molar refractivity (Wildman–Crippen MR) is 89.5 cm³/mol. The molecule has 0 saturated heterocycles. The largest absolute Gasteiger partial charge is 0.497 e. The van der Waals surface area contributed by atoms with Gasteiger partial charge in [0, 0.05) is 29.0 Å². The molecule has 6 nitrogen and oxygen atoms in total. The van der Waals surface area contributed by atoms with Gasteiger partial charge in [-0.15, -0.1) is 10.2 Å². The van der Waals surface area contributed by atoms with Crippen LogP contribution in [0, 0.1) is 0 Å². The first kappa shape index (κ1) is 14.0. The zero-order valence-corrected chi connectivity index (χ0v) is 13.2. The third kappa shape index (κ3) is 2.70. The number of nitrogens with one attached hydrogen (secondary N) is 1. The number of fused-ring (bicyclic) bond motifs is 3. The van der Waals surface area contributed by atoms with Gasteiger partial charge in [0.05, 0.1) is 7.11 Å². The maximum absolute atomic E-state index is 5.26. The highest BCUT2D eigenvalue weighted by molar-refractivity contribution is 7.98. The molecular formula is C16H13N5OS. The van der Waals surface area contributed by atoms with E-state index in [1.54, 1.807) is 13.3 Å². The summed E-state index contributed by atoms with van der Waals surface area (Å²) in [7, 11) is 1.65. The van der Waals surface area contributed by atoms with Crippen LogP contribution in [-0.4, -0.2) is 32.3 Å². The number of hydrogen-bond donors (Lipinski definition) is 1. The first-order valence-corrected chi connectivity index (χ1v) is 8.04. The van der Waals surface area contributed by atoms with E-state index in [0.717, 1.165) is 39.1 Å². The molecule has 0 amide bonds. The van der Waals surface area contributed by atoms with E-state index >= 15 is 0 Å². The third-order valence-corrected chi connectivity index (χ3v) is 4.40. The van der Waals surface area contributed by atoms with Crippen LogP contribution in [0.2, 0.25) is 0 Å². The highest BCUT2D eigenvalue weighted by Gasteiger charge is 2.10. The molecule has 0 spiro atoms. The summed E-state index contributed by atoms with van der Waals surface area (Å²) in [6.45, 7) is 0. The van der Waals surface area contributed by atoms with Gasteiger partial charge in [0.2, 0.25) is 5.16 Å². The number of hydrogen-bond acceptors (Lipinski definition) is 6. The van der Waals surface area contributed by atoms with Crippen LogP contribution in [0.1, 0.15) is 5.56 Å². The summed E-state index contributed by atoms with van der Waals surface area (Å²) in [6.07, 6.45) is 3.60. The van der Waals surface area contributed by atoms with Crippen LogP contribution in [-0.2, 0) is 5.75 Å². The fourth-order valence-corrected chi connectivity index (χ4v) is 3.08. The Morgan fingerprint density at radius 2 is 2.17 bits per heavy atom. The Labute approximate surface area is 136 Å².